The van der Waals surface area contributed by atoms with E-state index in [2.05, 4.69) is 6.92 Å². The lowest BCUT2D eigenvalue weighted by atomic mass is 9.99. The zero-order chi connectivity index (χ0) is 10.4. The number of hydrogen-bond donors (Lipinski definition) is 1. The van der Waals surface area contributed by atoms with Crippen molar-refractivity contribution in [2.75, 3.05) is 14.1 Å². The Labute approximate surface area is 93.4 Å². The smallest absolute Gasteiger partial charge is 0.148 e. The second-order valence-corrected chi connectivity index (χ2v) is 3.81. The summed E-state index contributed by atoms with van der Waals surface area (Å²) in [6.45, 7) is 3.71. The lowest BCUT2D eigenvalue weighted by molar-refractivity contribution is -0.119. The van der Waals surface area contributed by atoms with E-state index in [1.807, 2.05) is 19.0 Å². The van der Waals surface area contributed by atoms with Gasteiger partial charge in [-0.15, -0.1) is 12.4 Å². The summed E-state index contributed by atoms with van der Waals surface area (Å²) in [4.78, 5) is 13.1. The van der Waals surface area contributed by atoms with Crippen LogP contribution < -0.4 is 5.73 Å². The third-order valence-corrected chi connectivity index (χ3v) is 2.40. The third kappa shape index (κ3) is 5.58. The molecule has 0 aromatic rings. The molecule has 0 fully saturated rings. The van der Waals surface area contributed by atoms with Gasteiger partial charge in [-0.2, -0.15) is 0 Å². The molecule has 3 nitrogen and oxygen atoms in total. The largest absolute Gasteiger partial charge is 0.320 e. The molecule has 0 spiro atoms. The van der Waals surface area contributed by atoms with E-state index < -0.39 is 0 Å². The van der Waals surface area contributed by atoms with E-state index in [1.165, 1.54) is 0 Å². The number of rotatable bonds is 6. The molecule has 0 aliphatic carbocycles. The van der Waals surface area contributed by atoms with Crippen molar-refractivity contribution in [1.29, 1.82) is 0 Å². The summed E-state index contributed by atoms with van der Waals surface area (Å²) in [7, 11) is 3.95. The van der Waals surface area contributed by atoms with Crippen molar-refractivity contribution in [3.63, 3.8) is 0 Å². The summed E-state index contributed by atoms with van der Waals surface area (Å²) in [6.07, 6.45) is 3.28. The van der Waals surface area contributed by atoms with Gasteiger partial charge in [-0.1, -0.05) is 19.8 Å². The van der Waals surface area contributed by atoms with Gasteiger partial charge in [-0.25, -0.2) is 0 Å². The highest BCUT2D eigenvalue weighted by Gasteiger charge is 2.22. The monoisotopic (exact) mass is 222 g/mol. The summed E-state index contributed by atoms with van der Waals surface area (Å²) in [5, 5.41) is 0. The second kappa shape index (κ2) is 8.21. The average Bonchev–Trinajstić information content (AvgIpc) is 2.04. The van der Waals surface area contributed by atoms with Crippen LogP contribution in [0.4, 0.5) is 0 Å². The van der Waals surface area contributed by atoms with Crippen molar-refractivity contribution in [3.8, 4) is 0 Å². The topological polar surface area (TPSA) is 46.3 Å². The van der Waals surface area contributed by atoms with Gasteiger partial charge in [0.1, 0.15) is 5.78 Å². The first-order valence-corrected chi connectivity index (χ1v) is 4.93. The molecule has 0 aliphatic rings. The molecule has 0 aromatic heterocycles. The molecule has 0 saturated carbocycles. The van der Waals surface area contributed by atoms with Crippen molar-refractivity contribution >= 4 is 18.2 Å². The van der Waals surface area contributed by atoms with Gasteiger partial charge < -0.3 is 10.6 Å². The number of Topliss-reactive ketones (excluding diaryl/α,β-unsaturated/α-hetero) is 1. The van der Waals surface area contributed by atoms with Gasteiger partial charge in [0.25, 0.3) is 0 Å². The number of nitrogens with two attached hydrogens (primary N) is 1. The summed E-state index contributed by atoms with van der Waals surface area (Å²) in [5.41, 5.74) is 5.81. The van der Waals surface area contributed by atoms with E-state index in [4.69, 9.17) is 5.73 Å². The maximum atomic E-state index is 11.1. The van der Waals surface area contributed by atoms with Crippen molar-refractivity contribution in [2.45, 2.75) is 45.2 Å². The number of carbonyl (C=O) groups is 1. The Hall–Kier alpha value is -0.120. The van der Waals surface area contributed by atoms with Gasteiger partial charge in [-0.3, -0.25) is 4.79 Å². The van der Waals surface area contributed by atoms with Crippen LogP contribution in [0.3, 0.4) is 0 Å². The Balaban J connectivity index is 0. The number of likely N-dealkylation sites (N-methyl/N-ethyl adjacent to an activating group) is 1. The zero-order valence-corrected chi connectivity index (χ0v) is 10.4. The van der Waals surface area contributed by atoms with Crippen LogP contribution in [-0.2, 0) is 4.79 Å². The number of carbonyl (C=O) groups excluding carboxylic acids is 1. The lowest BCUT2D eigenvalue weighted by Gasteiger charge is -2.28. The van der Waals surface area contributed by atoms with E-state index in [0.29, 0.717) is 0 Å². The Kier molecular flexibility index (Phi) is 9.57. The molecule has 0 radical (unpaired) electrons. The molecule has 0 bridgehead atoms. The first-order valence-electron chi connectivity index (χ1n) is 4.93. The fraction of sp³-hybridized carbons (Fsp3) is 0.900. The van der Waals surface area contributed by atoms with Crippen LogP contribution in [0.1, 0.15) is 33.1 Å². The predicted octanol–water partition coefficient (Wildman–Crippen LogP) is 1.44. The standard InChI is InChI=1S/C10H22N2O.ClH/c1-5-6-7-9(12(3)4)10(11)8(2)13;/h9-10H,5-7,11H2,1-4H3;1H. The molecule has 0 rings (SSSR count). The predicted molar refractivity (Wildman–Crippen MR) is 62.9 cm³/mol. The summed E-state index contributed by atoms with van der Waals surface area (Å²) in [5.74, 6) is 0.0785. The van der Waals surface area contributed by atoms with E-state index in [-0.39, 0.29) is 30.3 Å². The highest BCUT2D eigenvalue weighted by Crippen LogP contribution is 2.09. The first-order chi connectivity index (χ1) is 6.00. The van der Waals surface area contributed by atoms with Gasteiger partial charge in [0.15, 0.2) is 0 Å². The molecule has 2 atom stereocenters. The molecule has 0 aromatic carbocycles. The molecule has 0 amide bonds. The van der Waals surface area contributed by atoms with Crippen LogP contribution in [-0.4, -0.2) is 36.9 Å². The molecular weight excluding hydrogens is 200 g/mol. The molecule has 86 valence electrons. The minimum Gasteiger partial charge on any atom is -0.320 e. The van der Waals surface area contributed by atoms with Crippen LogP contribution in [0.2, 0.25) is 0 Å². The molecular formula is C10H23ClN2O. The highest BCUT2D eigenvalue weighted by molar-refractivity contribution is 5.85. The SMILES string of the molecule is CCCCC(C(N)C(C)=O)N(C)C.Cl. The van der Waals surface area contributed by atoms with Crippen molar-refractivity contribution < 1.29 is 4.79 Å². The maximum Gasteiger partial charge on any atom is 0.148 e. The zero-order valence-electron chi connectivity index (χ0n) is 9.62. The number of nitrogens with zero attached hydrogens (tertiary/aromatic N) is 1. The minimum atomic E-state index is -0.332. The van der Waals surface area contributed by atoms with Gasteiger partial charge in [0, 0.05) is 6.04 Å². The lowest BCUT2D eigenvalue weighted by Crippen LogP contribution is -2.48. The van der Waals surface area contributed by atoms with Crippen LogP contribution >= 0.6 is 12.4 Å². The van der Waals surface area contributed by atoms with Crippen LogP contribution in [0.15, 0.2) is 0 Å². The normalized spacial score (nSPS) is 14.7. The molecule has 0 saturated heterocycles. The van der Waals surface area contributed by atoms with Gasteiger partial charge in [0.2, 0.25) is 0 Å². The molecule has 0 aliphatic heterocycles. The van der Waals surface area contributed by atoms with Crippen LogP contribution in [0.25, 0.3) is 0 Å². The quantitative estimate of drug-likeness (QED) is 0.740. The van der Waals surface area contributed by atoms with Crippen LogP contribution in [0.5, 0.6) is 0 Å². The highest BCUT2D eigenvalue weighted by atomic mass is 35.5. The molecule has 2 unspecified atom stereocenters. The molecule has 14 heavy (non-hydrogen) atoms. The van der Waals surface area contributed by atoms with E-state index >= 15 is 0 Å². The fourth-order valence-electron chi connectivity index (χ4n) is 1.44. The van der Waals surface area contributed by atoms with Gasteiger partial charge in [0.05, 0.1) is 6.04 Å². The maximum absolute atomic E-state index is 11.1. The van der Waals surface area contributed by atoms with Crippen molar-refractivity contribution in [1.82, 2.24) is 4.90 Å². The molecule has 4 heteroatoms. The first kappa shape index (κ1) is 16.3. The van der Waals surface area contributed by atoms with E-state index in [0.717, 1.165) is 19.3 Å². The van der Waals surface area contributed by atoms with Gasteiger partial charge in [-0.05, 0) is 27.4 Å². The number of unbranched alkanes of at least 4 members (excludes halogenated alkanes) is 1. The van der Waals surface area contributed by atoms with Gasteiger partial charge >= 0.3 is 0 Å². The summed E-state index contributed by atoms with van der Waals surface area (Å²) in [6, 6.07) is -0.140. The number of hydrogen-bond acceptors (Lipinski definition) is 3. The molecule has 2 N–H and O–H groups in total. The van der Waals surface area contributed by atoms with E-state index in [9.17, 15) is 4.79 Å². The third-order valence-electron chi connectivity index (χ3n) is 2.40. The second-order valence-electron chi connectivity index (χ2n) is 3.81. The van der Waals surface area contributed by atoms with E-state index in [1.54, 1.807) is 6.92 Å². The minimum absolute atomic E-state index is 0. The number of ketones is 1. The Bertz CT molecular complexity index is 162. The number of halogens is 1. The van der Waals surface area contributed by atoms with Crippen LogP contribution in [0, 0.1) is 0 Å². The summed E-state index contributed by atoms with van der Waals surface area (Å²) >= 11 is 0. The van der Waals surface area contributed by atoms with Crippen molar-refractivity contribution in [2.24, 2.45) is 5.73 Å². The summed E-state index contributed by atoms with van der Waals surface area (Å²) < 4.78 is 0. The Morgan fingerprint density at radius 2 is 1.93 bits per heavy atom. The Morgan fingerprint density at radius 1 is 1.43 bits per heavy atom. The van der Waals surface area contributed by atoms with Crippen molar-refractivity contribution in [3.05, 3.63) is 0 Å². The fourth-order valence-corrected chi connectivity index (χ4v) is 1.44. The Morgan fingerprint density at radius 3 is 2.21 bits per heavy atom. The average molecular weight is 223 g/mol. The molecule has 0 heterocycles.